The quantitative estimate of drug-likeness (QED) is 0.178. The van der Waals surface area contributed by atoms with Gasteiger partial charge in [0.15, 0.2) is 5.82 Å². The zero-order valence-electron chi connectivity index (χ0n) is 31.2. The van der Waals surface area contributed by atoms with Gasteiger partial charge >= 0.3 is 0 Å². The summed E-state index contributed by atoms with van der Waals surface area (Å²) >= 11 is 0. The standard InChI is InChI=1S/C53H37N3/c1-53(2)45-27-11-8-26-43(45)50-44(32-36-18-6-7-23-40(36)51(50)53)35-19-14-20-37(30-35)46-33-47(55-52(54-46)34-16-4-3-5-17-34)38-21-15-22-39(31-38)56-48-28-12-9-24-41(48)42-25-10-13-29-49(42)56/h3-33H,1-2H3. The Labute approximate surface area is 326 Å². The molecule has 0 bridgehead atoms. The summed E-state index contributed by atoms with van der Waals surface area (Å²) in [6.07, 6.45) is 0. The molecule has 264 valence electrons. The van der Waals surface area contributed by atoms with Crippen molar-refractivity contribution in [1.29, 1.82) is 0 Å². The van der Waals surface area contributed by atoms with Crippen molar-refractivity contribution in [3.8, 4) is 61.8 Å². The van der Waals surface area contributed by atoms with Crippen LogP contribution in [0.1, 0.15) is 25.0 Å². The fraction of sp³-hybridized carbons (Fsp3) is 0.0566. The van der Waals surface area contributed by atoms with E-state index in [4.69, 9.17) is 9.97 Å². The molecule has 2 heterocycles. The Balaban J connectivity index is 1.10. The summed E-state index contributed by atoms with van der Waals surface area (Å²) in [5.74, 6) is 0.702. The van der Waals surface area contributed by atoms with Crippen LogP contribution in [0.25, 0.3) is 94.4 Å². The molecule has 0 N–H and O–H groups in total. The minimum atomic E-state index is -0.126. The van der Waals surface area contributed by atoms with Gasteiger partial charge < -0.3 is 4.57 Å². The van der Waals surface area contributed by atoms with Gasteiger partial charge in [-0.15, -0.1) is 0 Å². The van der Waals surface area contributed by atoms with Crippen LogP contribution < -0.4 is 0 Å². The second-order valence-corrected chi connectivity index (χ2v) is 15.4. The topological polar surface area (TPSA) is 30.7 Å². The molecule has 1 aliphatic rings. The third-order valence-electron chi connectivity index (χ3n) is 11.8. The third kappa shape index (κ3) is 4.98. The first kappa shape index (κ1) is 32.3. The summed E-state index contributed by atoms with van der Waals surface area (Å²) < 4.78 is 2.36. The average Bonchev–Trinajstić information content (AvgIpc) is 3.72. The van der Waals surface area contributed by atoms with Crippen LogP contribution in [0.15, 0.2) is 188 Å². The maximum absolute atomic E-state index is 5.25. The molecular formula is C53H37N3. The Bertz CT molecular complexity index is 3120. The molecule has 0 spiro atoms. The van der Waals surface area contributed by atoms with Crippen LogP contribution in [-0.2, 0) is 5.41 Å². The summed E-state index contributed by atoms with van der Waals surface area (Å²) in [6.45, 7) is 4.74. The molecule has 1 aliphatic carbocycles. The van der Waals surface area contributed by atoms with Crippen LogP contribution in [0.2, 0.25) is 0 Å². The molecule has 10 aromatic rings. The largest absolute Gasteiger partial charge is 0.309 e. The highest BCUT2D eigenvalue weighted by Gasteiger charge is 2.38. The normalized spacial score (nSPS) is 13.0. The highest BCUT2D eigenvalue weighted by atomic mass is 15.0. The van der Waals surface area contributed by atoms with Gasteiger partial charge in [-0.05, 0) is 86.6 Å². The maximum atomic E-state index is 5.25. The van der Waals surface area contributed by atoms with E-state index in [1.807, 2.05) is 18.2 Å². The zero-order chi connectivity index (χ0) is 37.4. The number of fused-ring (bicyclic) bond motifs is 8. The minimum absolute atomic E-state index is 0.126. The van der Waals surface area contributed by atoms with E-state index in [0.29, 0.717) is 5.82 Å². The summed E-state index contributed by atoms with van der Waals surface area (Å²) in [7, 11) is 0. The number of hydrogen-bond donors (Lipinski definition) is 0. The van der Waals surface area contributed by atoms with E-state index >= 15 is 0 Å². The SMILES string of the molecule is CC1(C)c2ccccc2-c2c(-c3cccc(-c4cc(-c5cccc(-n6c7ccccc7c7ccccc76)c5)nc(-c5ccccc5)n4)c3)cc3ccccc3c21. The average molecular weight is 716 g/mol. The molecule has 56 heavy (non-hydrogen) atoms. The summed E-state index contributed by atoms with van der Waals surface area (Å²) in [6, 6.07) is 67.6. The van der Waals surface area contributed by atoms with Crippen LogP contribution in [0, 0.1) is 0 Å². The van der Waals surface area contributed by atoms with Gasteiger partial charge in [0.25, 0.3) is 0 Å². The smallest absolute Gasteiger partial charge is 0.160 e. The second-order valence-electron chi connectivity index (χ2n) is 15.4. The first-order valence-electron chi connectivity index (χ1n) is 19.3. The van der Waals surface area contributed by atoms with Gasteiger partial charge in [0.05, 0.1) is 22.4 Å². The highest BCUT2D eigenvalue weighted by Crippen LogP contribution is 2.55. The van der Waals surface area contributed by atoms with Gasteiger partial charge in [-0.3, -0.25) is 0 Å². The molecule has 0 atom stereocenters. The number of rotatable bonds is 5. The zero-order valence-corrected chi connectivity index (χ0v) is 31.2. The number of para-hydroxylation sites is 2. The summed E-state index contributed by atoms with van der Waals surface area (Å²) in [4.78, 5) is 10.5. The van der Waals surface area contributed by atoms with Crippen molar-refractivity contribution in [2.75, 3.05) is 0 Å². The van der Waals surface area contributed by atoms with Gasteiger partial charge in [0, 0.05) is 38.6 Å². The fourth-order valence-electron chi connectivity index (χ4n) is 9.20. The summed E-state index contributed by atoms with van der Waals surface area (Å²) in [5, 5.41) is 5.06. The van der Waals surface area contributed by atoms with Crippen molar-refractivity contribution in [3.05, 3.63) is 199 Å². The van der Waals surface area contributed by atoms with E-state index in [1.54, 1.807) is 0 Å². The molecule has 2 aromatic heterocycles. The Hall–Kier alpha value is -7.10. The van der Waals surface area contributed by atoms with E-state index in [0.717, 1.165) is 33.8 Å². The second kappa shape index (κ2) is 12.5. The monoisotopic (exact) mass is 715 g/mol. The number of benzene rings is 8. The lowest BCUT2D eigenvalue weighted by atomic mass is 9.79. The molecule has 8 aromatic carbocycles. The van der Waals surface area contributed by atoms with E-state index in [-0.39, 0.29) is 5.41 Å². The third-order valence-corrected chi connectivity index (χ3v) is 11.8. The molecule has 0 radical (unpaired) electrons. The van der Waals surface area contributed by atoms with E-state index in [1.165, 1.54) is 66.0 Å². The lowest BCUT2D eigenvalue weighted by Gasteiger charge is -2.24. The molecule has 11 rings (SSSR count). The van der Waals surface area contributed by atoms with Crippen molar-refractivity contribution in [3.63, 3.8) is 0 Å². The number of aromatic nitrogens is 3. The van der Waals surface area contributed by atoms with Crippen LogP contribution in [0.3, 0.4) is 0 Å². The van der Waals surface area contributed by atoms with Crippen molar-refractivity contribution in [1.82, 2.24) is 14.5 Å². The Morgan fingerprint density at radius 3 is 1.75 bits per heavy atom. The van der Waals surface area contributed by atoms with Crippen molar-refractivity contribution < 1.29 is 0 Å². The highest BCUT2D eigenvalue weighted by molar-refractivity contribution is 6.09. The molecule has 3 nitrogen and oxygen atoms in total. The van der Waals surface area contributed by atoms with Crippen molar-refractivity contribution >= 4 is 32.6 Å². The predicted molar refractivity (Wildman–Crippen MR) is 233 cm³/mol. The molecule has 3 heteroatoms. The minimum Gasteiger partial charge on any atom is -0.309 e. The van der Waals surface area contributed by atoms with Gasteiger partial charge in [-0.25, -0.2) is 9.97 Å². The van der Waals surface area contributed by atoms with Gasteiger partial charge in [0.1, 0.15) is 0 Å². The van der Waals surface area contributed by atoms with Crippen LogP contribution >= 0.6 is 0 Å². The molecule has 0 saturated heterocycles. The molecule has 0 fully saturated rings. The predicted octanol–water partition coefficient (Wildman–Crippen LogP) is 13.7. The van der Waals surface area contributed by atoms with Gasteiger partial charge in [0.2, 0.25) is 0 Å². The Kier molecular flexibility index (Phi) is 7.20. The number of hydrogen-bond acceptors (Lipinski definition) is 2. The molecule has 0 amide bonds. The fourth-order valence-corrected chi connectivity index (χ4v) is 9.20. The number of nitrogens with zero attached hydrogens (tertiary/aromatic N) is 3. The summed E-state index contributed by atoms with van der Waals surface area (Å²) in [5.41, 5.74) is 16.0. The van der Waals surface area contributed by atoms with Crippen LogP contribution in [-0.4, -0.2) is 14.5 Å². The lowest BCUT2D eigenvalue weighted by Crippen LogP contribution is -2.15. The molecular weight excluding hydrogens is 679 g/mol. The molecule has 0 aliphatic heterocycles. The van der Waals surface area contributed by atoms with E-state index in [9.17, 15) is 0 Å². The Morgan fingerprint density at radius 1 is 0.429 bits per heavy atom. The van der Waals surface area contributed by atoms with Crippen molar-refractivity contribution in [2.45, 2.75) is 19.3 Å². The van der Waals surface area contributed by atoms with E-state index < -0.39 is 0 Å². The Morgan fingerprint density at radius 2 is 1.00 bits per heavy atom. The van der Waals surface area contributed by atoms with Gasteiger partial charge in [-0.1, -0.05) is 159 Å². The van der Waals surface area contributed by atoms with Crippen LogP contribution in [0.4, 0.5) is 0 Å². The lowest BCUT2D eigenvalue weighted by molar-refractivity contribution is 0.666. The molecule has 0 saturated carbocycles. The first-order valence-corrected chi connectivity index (χ1v) is 19.3. The first-order chi connectivity index (χ1) is 27.5. The van der Waals surface area contributed by atoms with Crippen LogP contribution in [0.5, 0.6) is 0 Å². The van der Waals surface area contributed by atoms with Gasteiger partial charge in [-0.2, -0.15) is 0 Å². The van der Waals surface area contributed by atoms with E-state index in [2.05, 4.69) is 188 Å². The molecule has 0 unspecified atom stereocenters. The maximum Gasteiger partial charge on any atom is 0.160 e. The van der Waals surface area contributed by atoms with Crippen molar-refractivity contribution in [2.24, 2.45) is 0 Å².